The molecule has 0 spiro atoms. The molecule has 0 amide bonds. The summed E-state index contributed by atoms with van der Waals surface area (Å²) >= 11 is 2.02. The number of aryl methyl sites for hydroxylation is 1. The highest BCUT2D eigenvalue weighted by atomic mass is 127. The van der Waals surface area contributed by atoms with E-state index in [-0.39, 0.29) is 0 Å². The molecule has 3 nitrogen and oxygen atoms in total. The van der Waals surface area contributed by atoms with Crippen molar-refractivity contribution in [1.82, 2.24) is 4.98 Å². The molecule has 72 valence electrons. The second kappa shape index (κ2) is 3.91. The summed E-state index contributed by atoms with van der Waals surface area (Å²) in [4.78, 5) is 4.47. The van der Waals surface area contributed by atoms with Gasteiger partial charge in [0.15, 0.2) is 9.84 Å². The minimum atomic E-state index is -3.11. The summed E-state index contributed by atoms with van der Waals surface area (Å²) < 4.78 is 23.3. The van der Waals surface area contributed by atoms with E-state index in [2.05, 4.69) is 4.98 Å². The predicted molar refractivity (Wildman–Crippen MR) is 59.4 cm³/mol. The van der Waals surface area contributed by atoms with Crippen molar-refractivity contribution >= 4 is 32.4 Å². The average molecular weight is 311 g/mol. The maximum Gasteiger partial charge on any atom is 0.176 e. The smallest absolute Gasteiger partial charge is 0.176 e. The quantitative estimate of drug-likeness (QED) is 0.780. The Balaban J connectivity index is 3.41. The Morgan fingerprint density at radius 1 is 1.54 bits per heavy atom. The van der Waals surface area contributed by atoms with Crippen molar-refractivity contribution in [3.05, 3.63) is 21.5 Å². The summed E-state index contributed by atoms with van der Waals surface area (Å²) in [5.74, 6) is 0. The van der Waals surface area contributed by atoms with Crippen LogP contribution in [0.3, 0.4) is 0 Å². The minimum Gasteiger partial charge on any atom is -0.260 e. The third-order valence-corrected chi connectivity index (χ3v) is 4.37. The maximum atomic E-state index is 11.3. The van der Waals surface area contributed by atoms with Crippen LogP contribution in [0.5, 0.6) is 0 Å². The molecule has 0 atom stereocenters. The minimum absolute atomic E-state index is 0.375. The number of hydrogen-bond acceptors (Lipinski definition) is 3. The van der Waals surface area contributed by atoms with Gasteiger partial charge in [-0.25, -0.2) is 8.42 Å². The Labute approximate surface area is 91.6 Å². The zero-order chi connectivity index (χ0) is 10.1. The summed E-state index contributed by atoms with van der Waals surface area (Å²) in [7, 11) is -3.11. The van der Waals surface area contributed by atoms with Crippen molar-refractivity contribution < 1.29 is 8.42 Å². The summed E-state index contributed by atoms with van der Waals surface area (Å²) in [5.41, 5.74) is 0.837. The van der Waals surface area contributed by atoms with Crippen molar-refractivity contribution in [2.24, 2.45) is 0 Å². The molecule has 0 bridgehead atoms. The molecule has 0 saturated carbocycles. The molecule has 0 aliphatic carbocycles. The van der Waals surface area contributed by atoms with Gasteiger partial charge in [0.25, 0.3) is 0 Å². The number of halogens is 1. The molecule has 1 aromatic heterocycles. The van der Waals surface area contributed by atoms with Crippen LogP contribution in [0, 0.1) is 3.57 Å². The topological polar surface area (TPSA) is 47.0 Å². The van der Waals surface area contributed by atoms with Crippen molar-refractivity contribution in [3.8, 4) is 0 Å². The van der Waals surface area contributed by atoms with E-state index in [9.17, 15) is 8.42 Å². The Morgan fingerprint density at radius 3 is 2.62 bits per heavy atom. The molecule has 5 heteroatoms. The monoisotopic (exact) mass is 311 g/mol. The van der Waals surface area contributed by atoms with Gasteiger partial charge in [-0.1, -0.05) is 6.92 Å². The van der Waals surface area contributed by atoms with Gasteiger partial charge in [0.2, 0.25) is 0 Å². The summed E-state index contributed by atoms with van der Waals surface area (Å²) in [5, 5.41) is 0. The third kappa shape index (κ3) is 2.40. The fourth-order valence-electron chi connectivity index (χ4n) is 1.000. The highest BCUT2D eigenvalue weighted by molar-refractivity contribution is 14.1. The van der Waals surface area contributed by atoms with E-state index in [4.69, 9.17) is 0 Å². The summed E-state index contributed by atoms with van der Waals surface area (Å²) in [6.45, 7) is 1.95. The van der Waals surface area contributed by atoms with Crippen LogP contribution in [0.4, 0.5) is 0 Å². The Hall–Kier alpha value is -0.170. The molecule has 0 saturated heterocycles. The van der Waals surface area contributed by atoms with Gasteiger partial charge >= 0.3 is 0 Å². The lowest BCUT2D eigenvalue weighted by Gasteiger charge is -2.04. The molecule has 0 radical (unpaired) electrons. The van der Waals surface area contributed by atoms with Gasteiger partial charge in [-0.2, -0.15) is 0 Å². The largest absolute Gasteiger partial charge is 0.260 e. The van der Waals surface area contributed by atoms with Crippen LogP contribution in [-0.4, -0.2) is 19.7 Å². The first-order valence-electron chi connectivity index (χ1n) is 3.80. The van der Waals surface area contributed by atoms with Crippen molar-refractivity contribution in [3.63, 3.8) is 0 Å². The second-order valence-corrected chi connectivity index (χ2v) is 5.76. The fourth-order valence-corrected chi connectivity index (χ4v) is 3.65. The zero-order valence-electron chi connectivity index (χ0n) is 7.41. The third-order valence-electron chi connectivity index (χ3n) is 1.66. The van der Waals surface area contributed by atoms with E-state index in [1.807, 2.05) is 29.5 Å². The Kier molecular flexibility index (Phi) is 3.28. The van der Waals surface area contributed by atoms with Crippen LogP contribution < -0.4 is 0 Å². The number of sulfone groups is 1. The van der Waals surface area contributed by atoms with Gasteiger partial charge in [-0.15, -0.1) is 0 Å². The van der Waals surface area contributed by atoms with Crippen LogP contribution in [-0.2, 0) is 16.3 Å². The van der Waals surface area contributed by atoms with E-state index in [1.165, 1.54) is 18.5 Å². The van der Waals surface area contributed by atoms with Crippen LogP contribution in [0.25, 0.3) is 0 Å². The first-order chi connectivity index (χ1) is 5.96. The number of nitrogens with zero attached hydrogens (tertiary/aromatic N) is 1. The Bertz CT molecular complexity index is 414. The van der Waals surface area contributed by atoms with Crippen LogP contribution in [0.1, 0.15) is 12.6 Å². The van der Waals surface area contributed by atoms with Crippen LogP contribution >= 0.6 is 22.6 Å². The normalized spacial score (nSPS) is 11.6. The highest BCUT2D eigenvalue weighted by Crippen LogP contribution is 2.20. The molecule has 0 unspecified atom stereocenters. The molecule has 1 aromatic rings. The van der Waals surface area contributed by atoms with Crippen LogP contribution in [0.15, 0.2) is 17.2 Å². The standard InChI is InChI=1S/C8H10INO2S/c1-3-6-8(9)7(4-5-10-6)13(2,11)12/h4-5H,3H2,1-2H3. The molecule has 0 aliphatic heterocycles. The average Bonchev–Trinajstić information content (AvgIpc) is 2.02. The molecule has 0 N–H and O–H groups in total. The van der Waals surface area contributed by atoms with Crippen molar-refractivity contribution in [1.29, 1.82) is 0 Å². The molecular formula is C8H10INO2S. The van der Waals surface area contributed by atoms with E-state index >= 15 is 0 Å². The lowest BCUT2D eigenvalue weighted by molar-refractivity contribution is 0.601. The first-order valence-corrected chi connectivity index (χ1v) is 6.77. The van der Waals surface area contributed by atoms with Gasteiger partial charge < -0.3 is 0 Å². The van der Waals surface area contributed by atoms with E-state index < -0.39 is 9.84 Å². The van der Waals surface area contributed by atoms with Gasteiger partial charge in [0.05, 0.1) is 14.2 Å². The number of pyridine rings is 1. The highest BCUT2D eigenvalue weighted by Gasteiger charge is 2.13. The molecule has 1 heterocycles. The molecule has 0 aliphatic rings. The molecule has 0 aromatic carbocycles. The van der Waals surface area contributed by atoms with Gasteiger partial charge in [-0.05, 0) is 35.1 Å². The van der Waals surface area contributed by atoms with Crippen molar-refractivity contribution in [2.45, 2.75) is 18.2 Å². The van der Waals surface area contributed by atoms with E-state index in [0.717, 1.165) is 15.7 Å². The van der Waals surface area contributed by atoms with E-state index in [0.29, 0.717) is 4.90 Å². The van der Waals surface area contributed by atoms with Crippen LogP contribution in [0.2, 0.25) is 0 Å². The number of aromatic nitrogens is 1. The zero-order valence-corrected chi connectivity index (χ0v) is 10.4. The molecule has 0 fully saturated rings. The number of rotatable bonds is 2. The SMILES string of the molecule is CCc1nccc(S(C)(=O)=O)c1I. The maximum absolute atomic E-state index is 11.3. The number of hydrogen-bond donors (Lipinski definition) is 0. The summed E-state index contributed by atoms with van der Waals surface area (Å²) in [6.07, 6.45) is 3.50. The Morgan fingerprint density at radius 2 is 2.15 bits per heavy atom. The van der Waals surface area contributed by atoms with Crippen molar-refractivity contribution in [2.75, 3.05) is 6.26 Å². The van der Waals surface area contributed by atoms with Gasteiger partial charge in [0.1, 0.15) is 0 Å². The predicted octanol–water partition coefficient (Wildman–Crippen LogP) is 1.65. The molecular weight excluding hydrogens is 301 g/mol. The van der Waals surface area contributed by atoms with E-state index in [1.54, 1.807) is 0 Å². The molecule has 1 rings (SSSR count). The summed E-state index contributed by atoms with van der Waals surface area (Å²) in [6, 6.07) is 1.54. The second-order valence-electron chi connectivity index (χ2n) is 2.70. The lowest BCUT2D eigenvalue weighted by Crippen LogP contribution is -2.03. The van der Waals surface area contributed by atoms with Gasteiger partial charge in [0, 0.05) is 12.5 Å². The van der Waals surface area contributed by atoms with Gasteiger partial charge in [-0.3, -0.25) is 4.98 Å². The first kappa shape index (κ1) is 10.9. The lowest BCUT2D eigenvalue weighted by atomic mass is 10.3. The molecule has 13 heavy (non-hydrogen) atoms. The fraction of sp³-hybridized carbons (Fsp3) is 0.375.